The highest BCUT2D eigenvalue weighted by Crippen LogP contribution is 2.43. The van der Waals surface area contributed by atoms with Crippen LogP contribution in [0.1, 0.15) is 68.1 Å². The lowest BCUT2D eigenvalue weighted by Crippen LogP contribution is -2.43. The van der Waals surface area contributed by atoms with Gasteiger partial charge in [-0.3, -0.25) is 9.89 Å². The molecule has 1 heterocycles. The maximum absolute atomic E-state index is 12.4. The van der Waals surface area contributed by atoms with Crippen molar-refractivity contribution < 1.29 is 4.79 Å². The molecule has 2 aliphatic rings. The summed E-state index contributed by atoms with van der Waals surface area (Å²) >= 11 is 3.53. The van der Waals surface area contributed by atoms with Crippen molar-refractivity contribution in [2.45, 2.75) is 57.9 Å². The zero-order valence-electron chi connectivity index (χ0n) is 12.1. The number of carbonyl (C=O) groups is 1. The van der Waals surface area contributed by atoms with E-state index in [0.717, 1.165) is 16.6 Å². The van der Waals surface area contributed by atoms with E-state index in [2.05, 4.69) is 45.3 Å². The molecule has 0 bridgehead atoms. The van der Waals surface area contributed by atoms with E-state index >= 15 is 0 Å². The molecule has 3 rings (SSSR count). The first-order valence-corrected chi connectivity index (χ1v) is 8.42. The van der Waals surface area contributed by atoms with E-state index in [9.17, 15) is 4.79 Å². The predicted molar refractivity (Wildman–Crippen MR) is 81.7 cm³/mol. The van der Waals surface area contributed by atoms with Crippen molar-refractivity contribution in [2.24, 2.45) is 11.8 Å². The summed E-state index contributed by atoms with van der Waals surface area (Å²) < 4.78 is 0.856. The molecule has 2 aliphatic carbocycles. The highest BCUT2D eigenvalue weighted by Gasteiger charge is 2.32. The summed E-state index contributed by atoms with van der Waals surface area (Å²) in [5.41, 5.74) is 1.59. The van der Waals surface area contributed by atoms with Gasteiger partial charge in [-0.15, -0.1) is 0 Å². The highest BCUT2D eigenvalue weighted by atomic mass is 79.9. The Morgan fingerprint density at radius 2 is 2.05 bits per heavy atom. The van der Waals surface area contributed by atoms with Gasteiger partial charge in [0.15, 0.2) is 5.69 Å². The van der Waals surface area contributed by atoms with Crippen molar-refractivity contribution in [3.8, 4) is 0 Å². The summed E-state index contributed by atoms with van der Waals surface area (Å²) in [5, 5.41) is 10.4. The number of halogens is 1. The number of rotatable bonds is 3. The second-order valence-electron chi connectivity index (χ2n) is 6.42. The molecule has 110 valence electrons. The Labute approximate surface area is 128 Å². The summed E-state index contributed by atoms with van der Waals surface area (Å²) in [7, 11) is 0. The third kappa shape index (κ3) is 2.65. The Kier molecular flexibility index (Phi) is 3.89. The lowest BCUT2D eigenvalue weighted by atomic mass is 9.78. The summed E-state index contributed by atoms with van der Waals surface area (Å²) in [6.45, 7) is 4.52. The largest absolute Gasteiger partial charge is 0.348 e. The van der Waals surface area contributed by atoms with E-state index in [1.165, 1.54) is 25.7 Å². The molecule has 3 unspecified atom stereocenters. The maximum Gasteiger partial charge on any atom is 0.273 e. The van der Waals surface area contributed by atoms with Gasteiger partial charge in [0.05, 0.1) is 10.2 Å². The van der Waals surface area contributed by atoms with Gasteiger partial charge < -0.3 is 5.32 Å². The fourth-order valence-electron chi connectivity index (χ4n) is 3.16. The summed E-state index contributed by atoms with van der Waals surface area (Å²) in [6, 6.07) is 0.277. The number of carbonyl (C=O) groups excluding carboxylic acids is 1. The van der Waals surface area contributed by atoms with Crippen LogP contribution in [-0.2, 0) is 0 Å². The van der Waals surface area contributed by atoms with E-state index in [-0.39, 0.29) is 11.9 Å². The molecule has 0 aliphatic heterocycles. The molecule has 4 nitrogen and oxygen atoms in total. The first-order valence-electron chi connectivity index (χ1n) is 7.62. The lowest BCUT2D eigenvalue weighted by molar-refractivity contribution is 0.0885. The quantitative estimate of drug-likeness (QED) is 0.883. The van der Waals surface area contributed by atoms with Crippen LogP contribution in [0.4, 0.5) is 0 Å². The molecule has 0 aromatic carbocycles. The third-order valence-electron chi connectivity index (χ3n) is 4.96. The Morgan fingerprint density at radius 3 is 2.75 bits per heavy atom. The molecule has 0 radical (unpaired) electrons. The van der Waals surface area contributed by atoms with Crippen molar-refractivity contribution in [2.75, 3.05) is 0 Å². The standard InChI is InChI=1S/C15H22BrN3O/c1-8-4-3-5-11(9(8)2)17-15(20)14-12(16)13(18-19-14)10-6-7-10/h8-11H,3-7H2,1-2H3,(H,17,20)(H,18,19). The Bertz CT molecular complexity index is 509. The molecule has 5 heteroatoms. The molecule has 1 aromatic rings. The topological polar surface area (TPSA) is 57.8 Å². The van der Waals surface area contributed by atoms with E-state index in [1.54, 1.807) is 0 Å². The van der Waals surface area contributed by atoms with Gasteiger partial charge in [0.2, 0.25) is 0 Å². The van der Waals surface area contributed by atoms with Crippen LogP contribution in [0.25, 0.3) is 0 Å². The summed E-state index contributed by atoms with van der Waals surface area (Å²) in [6.07, 6.45) is 5.93. The monoisotopic (exact) mass is 339 g/mol. The van der Waals surface area contributed by atoms with Crippen molar-refractivity contribution in [1.82, 2.24) is 15.5 Å². The van der Waals surface area contributed by atoms with Gasteiger partial charge in [0.25, 0.3) is 5.91 Å². The minimum atomic E-state index is -0.0500. The number of hydrogen-bond acceptors (Lipinski definition) is 2. The molecule has 3 atom stereocenters. The van der Waals surface area contributed by atoms with Crippen LogP contribution in [0.2, 0.25) is 0 Å². The first kappa shape index (κ1) is 14.1. The smallest absolute Gasteiger partial charge is 0.273 e. The van der Waals surface area contributed by atoms with E-state index in [0.29, 0.717) is 23.4 Å². The van der Waals surface area contributed by atoms with Crippen molar-refractivity contribution in [1.29, 1.82) is 0 Å². The number of amides is 1. The number of nitrogens with zero attached hydrogens (tertiary/aromatic N) is 1. The lowest BCUT2D eigenvalue weighted by Gasteiger charge is -2.34. The van der Waals surface area contributed by atoms with Crippen molar-refractivity contribution in [3.05, 3.63) is 15.9 Å². The Morgan fingerprint density at radius 1 is 1.30 bits per heavy atom. The van der Waals surface area contributed by atoms with Gasteiger partial charge in [-0.1, -0.05) is 26.7 Å². The average molecular weight is 340 g/mol. The second-order valence-corrected chi connectivity index (χ2v) is 7.21. The minimum Gasteiger partial charge on any atom is -0.348 e. The molecule has 2 fully saturated rings. The fraction of sp³-hybridized carbons (Fsp3) is 0.733. The number of aromatic nitrogens is 2. The molecule has 1 amide bonds. The van der Waals surface area contributed by atoms with Crippen LogP contribution in [-0.4, -0.2) is 22.1 Å². The average Bonchev–Trinajstić information content (AvgIpc) is 3.18. The van der Waals surface area contributed by atoms with E-state index in [4.69, 9.17) is 0 Å². The maximum atomic E-state index is 12.4. The zero-order valence-corrected chi connectivity index (χ0v) is 13.7. The second kappa shape index (κ2) is 5.51. The summed E-state index contributed by atoms with van der Waals surface area (Å²) in [4.78, 5) is 12.4. The predicted octanol–water partition coefficient (Wildman–Crippen LogP) is 3.60. The SMILES string of the molecule is CC1CCCC(NC(=O)c2n[nH]c(C3CC3)c2Br)C1C. The van der Waals surface area contributed by atoms with Gasteiger partial charge in [0, 0.05) is 12.0 Å². The van der Waals surface area contributed by atoms with Crippen LogP contribution in [0.5, 0.6) is 0 Å². The normalized spacial score (nSPS) is 30.2. The van der Waals surface area contributed by atoms with E-state index in [1.807, 2.05) is 0 Å². The van der Waals surface area contributed by atoms with Gasteiger partial charge in [-0.25, -0.2) is 0 Å². The molecular formula is C15H22BrN3O. The highest BCUT2D eigenvalue weighted by molar-refractivity contribution is 9.10. The van der Waals surface area contributed by atoms with Crippen LogP contribution in [0, 0.1) is 11.8 Å². The van der Waals surface area contributed by atoms with Gasteiger partial charge in [-0.05, 0) is 47.0 Å². The summed E-state index contributed by atoms with van der Waals surface area (Å²) in [5.74, 6) is 1.73. The van der Waals surface area contributed by atoms with E-state index < -0.39 is 0 Å². The Balaban J connectivity index is 1.69. The zero-order chi connectivity index (χ0) is 14.3. The molecule has 0 saturated heterocycles. The molecule has 2 saturated carbocycles. The van der Waals surface area contributed by atoms with Gasteiger partial charge >= 0.3 is 0 Å². The molecular weight excluding hydrogens is 318 g/mol. The van der Waals surface area contributed by atoms with Gasteiger partial charge in [-0.2, -0.15) is 5.10 Å². The van der Waals surface area contributed by atoms with Crippen LogP contribution < -0.4 is 5.32 Å². The van der Waals surface area contributed by atoms with Crippen LogP contribution in [0.3, 0.4) is 0 Å². The molecule has 1 aromatic heterocycles. The fourth-order valence-corrected chi connectivity index (χ4v) is 3.84. The number of nitrogens with one attached hydrogen (secondary N) is 2. The number of hydrogen-bond donors (Lipinski definition) is 2. The van der Waals surface area contributed by atoms with Crippen molar-refractivity contribution >= 4 is 21.8 Å². The molecule has 0 spiro atoms. The third-order valence-corrected chi connectivity index (χ3v) is 5.76. The van der Waals surface area contributed by atoms with Crippen molar-refractivity contribution in [3.63, 3.8) is 0 Å². The van der Waals surface area contributed by atoms with Crippen LogP contribution >= 0.6 is 15.9 Å². The molecule has 20 heavy (non-hydrogen) atoms. The first-order chi connectivity index (χ1) is 9.58. The Hall–Kier alpha value is -0.840. The number of aromatic amines is 1. The molecule has 2 N–H and O–H groups in total. The number of H-pyrrole nitrogens is 1. The van der Waals surface area contributed by atoms with Crippen LogP contribution in [0.15, 0.2) is 4.47 Å². The van der Waals surface area contributed by atoms with Gasteiger partial charge in [0.1, 0.15) is 0 Å². The minimum absolute atomic E-state index is 0.0500.